The van der Waals surface area contributed by atoms with Crippen LogP contribution in [0.15, 0.2) is 18.2 Å². The predicted octanol–water partition coefficient (Wildman–Crippen LogP) is 3.20. The van der Waals surface area contributed by atoms with Crippen LogP contribution < -0.4 is 5.73 Å². The molecule has 102 valence electrons. The summed E-state index contributed by atoms with van der Waals surface area (Å²) in [6, 6.07) is 6.50. The second kappa shape index (κ2) is 5.31. The SMILES string of the molecule is CC1CN(Cc2ccc3nc(N)sc3c2)CC(C)S1. The Bertz CT molecular complexity index is 571. The van der Waals surface area contributed by atoms with Crippen molar-refractivity contribution in [3.05, 3.63) is 23.8 Å². The molecule has 1 aliphatic heterocycles. The number of nitrogens with zero attached hydrogens (tertiary/aromatic N) is 2. The third kappa shape index (κ3) is 3.04. The van der Waals surface area contributed by atoms with Gasteiger partial charge in [-0.3, -0.25) is 4.90 Å². The molecular weight excluding hydrogens is 274 g/mol. The van der Waals surface area contributed by atoms with Crippen molar-refractivity contribution in [3.8, 4) is 0 Å². The smallest absolute Gasteiger partial charge is 0.181 e. The molecule has 3 rings (SSSR count). The van der Waals surface area contributed by atoms with E-state index in [0.29, 0.717) is 5.13 Å². The van der Waals surface area contributed by atoms with E-state index >= 15 is 0 Å². The molecule has 0 saturated carbocycles. The summed E-state index contributed by atoms with van der Waals surface area (Å²) in [5, 5.41) is 2.11. The van der Waals surface area contributed by atoms with Crippen LogP contribution in [0.3, 0.4) is 0 Å². The molecule has 1 aromatic heterocycles. The summed E-state index contributed by atoms with van der Waals surface area (Å²) >= 11 is 3.67. The molecular formula is C14H19N3S2. The maximum atomic E-state index is 5.76. The summed E-state index contributed by atoms with van der Waals surface area (Å²) in [6.07, 6.45) is 0. The van der Waals surface area contributed by atoms with E-state index in [1.165, 1.54) is 23.4 Å². The summed E-state index contributed by atoms with van der Waals surface area (Å²) < 4.78 is 1.20. The van der Waals surface area contributed by atoms with Crippen LogP contribution in [0.2, 0.25) is 0 Å². The molecule has 1 saturated heterocycles. The average molecular weight is 293 g/mol. The summed E-state index contributed by atoms with van der Waals surface area (Å²) in [6.45, 7) is 8.03. The molecule has 0 bridgehead atoms. The fourth-order valence-electron chi connectivity index (χ4n) is 2.76. The fourth-order valence-corrected chi connectivity index (χ4v) is 4.94. The van der Waals surface area contributed by atoms with Gasteiger partial charge in [-0.05, 0) is 17.7 Å². The molecule has 1 aliphatic rings. The topological polar surface area (TPSA) is 42.2 Å². The van der Waals surface area contributed by atoms with E-state index in [-0.39, 0.29) is 0 Å². The number of thioether (sulfide) groups is 1. The Balaban J connectivity index is 1.77. The van der Waals surface area contributed by atoms with Gasteiger partial charge in [0.15, 0.2) is 5.13 Å². The van der Waals surface area contributed by atoms with E-state index < -0.39 is 0 Å². The van der Waals surface area contributed by atoms with Gasteiger partial charge in [0.25, 0.3) is 0 Å². The minimum Gasteiger partial charge on any atom is -0.375 e. The Morgan fingerprint density at radius 1 is 1.32 bits per heavy atom. The van der Waals surface area contributed by atoms with Crippen LogP contribution in [0.4, 0.5) is 5.13 Å². The van der Waals surface area contributed by atoms with Gasteiger partial charge in [-0.15, -0.1) is 0 Å². The summed E-state index contributed by atoms with van der Waals surface area (Å²) in [5.74, 6) is 0. The third-order valence-corrected chi connectivity index (χ3v) is 5.45. The molecule has 0 amide bonds. The van der Waals surface area contributed by atoms with Gasteiger partial charge >= 0.3 is 0 Å². The van der Waals surface area contributed by atoms with Gasteiger partial charge in [0, 0.05) is 30.1 Å². The highest BCUT2D eigenvalue weighted by Gasteiger charge is 2.22. The second-order valence-corrected chi connectivity index (χ2v) is 8.25. The summed E-state index contributed by atoms with van der Waals surface area (Å²) in [4.78, 5) is 6.86. The number of hydrogen-bond donors (Lipinski definition) is 1. The summed E-state index contributed by atoms with van der Waals surface area (Å²) in [5.41, 5.74) is 8.13. The van der Waals surface area contributed by atoms with Crippen LogP contribution in [0.5, 0.6) is 0 Å². The molecule has 1 aromatic carbocycles. The number of thiazole rings is 1. The monoisotopic (exact) mass is 293 g/mol. The van der Waals surface area contributed by atoms with Crippen LogP contribution in [0.1, 0.15) is 19.4 Å². The first-order valence-electron chi connectivity index (χ1n) is 6.63. The Morgan fingerprint density at radius 2 is 2.05 bits per heavy atom. The van der Waals surface area contributed by atoms with Crippen LogP contribution in [0, 0.1) is 0 Å². The minimum atomic E-state index is 0.656. The minimum absolute atomic E-state index is 0.656. The van der Waals surface area contributed by atoms with Crippen molar-refractivity contribution in [2.24, 2.45) is 0 Å². The lowest BCUT2D eigenvalue weighted by atomic mass is 10.2. The quantitative estimate of drug-likeness (QED) is 0.923. The van der Waals surface area contributed by atoms with Gasteiger partial charge in [-0.2, -0.15) is 11.8 Å². The number of hydrogen-bond acceptors (Lipinski definition) is 5. The van der Waals surface area contributed by atoms with Crippen LogP contribution >= 0.6 is 23.1 Å². The van der Waals surface area contributed by atoms with Gasteiger partial charge in [-0.1, -0.05) is 31.3 Å². The molecule has 0 spiro atoms. The van der Waals surface area contributed by atoms with E-state index in [2.05, 4.69) is 53.7 Å². The molecule has 0 radical (unpaired) electrons. The van der Waals surface area contributed by atoms with Crippen molar-refractivity contribution >= 4 is 38.4 Å². The Labute approximate surface area is 122 Å². The van der Waals surface area contributed by atoms with Gasteiger partial charge in [-0.25, -0.2) is 4.98 Å². The van der Waals surface area contributed by atoms with Gasteiger partial charge in [0.1, 0.15) is 0 Å². The molecule has 2 unspecified atom stereocenters. The Morgan fingerprint density at radius 3 is 2.79 bits per heavy atom. The first-order chi connectivity index (χ1) is 9.10. The second-order valence-electron chi connectivity index (χ2n) is 5.31. The predicted molar refractivity (Wildman–Crippen MR) is 85.8 cm³/mol. The lowest BCUT2D eigenvalue weighted by molar-refractivity contribution is 0.263. The largest absolute Gasteiger partial charge is 0.375 e. The van der Waals surface area contributed by atoms with Crippen LogP contribution in [-0.4, -0.2) is 33.5 Å². The highest BCUT2D eigenvalue weighted by molar-refractivity contribution is 8.00. The number of anilines is 1. The standard InChI is InChI=1S/C14H19N3S2/c1-9-6-17(7-10(2)18-9)8-11-3-4-12-13(5-11)19-14(15)16-12/h3-5,9-10H,6-8H2,1-2H3,(H2,15,16). The molecule has 19 heavy (non-hydrogen) atoms. The highest BCUT2D eigenvalue weighted by Crippen LogP contribution is 2.28. The van der Waals surface area contributed by atoms with E-state index in [1.807, 2.05) is 0 Å². The molecule has 2 N–H and O–H groups in total. The molecule has 2 atom stereocenters. The van der Waals surface area contributed by atoms with Crippen molar-refractivity contribution in [1.29, 1.82) is 0 Å². The number of rotatable bonds is 2. The van der Waals surface area contributed by atoms with E-state index in [1.54, 1.807) is 11.3 Å². The number of aromatic nitrogens is 1. The van der Waals surface area contributed by atoms with E-state index in [9.17, 15) is 0 Å². The van der Waals surface area contributed by atoms with Crippen molar-refractivity contribution in [2.45, 2.75) is 30.9 Å². The Kier molecular flexibility index (Phi) is 3.69. The van der Waals surface area contributed by atoms with E-state index in [0.717, 1.165) is 22.6 Å². The first kappa shape index (κ1) is 13.2. The molecule has 2 heterocycles. The fraction of sp³-hybridized carbons (Fsp3) is 0.500. The first-order valence-corrected chi connectivity index (χ1v) is 8.39. The number of nitrogens with two attached hydrogens (primary N) is 1. The van der Waals surface area contributed by atoms with Crippen molar-refractivity contribution in [1.82, 2.24) is 9.88 Å². The van der Waals surface area contributed by atoms with Crippen molar-refractivity contribution < 1.29 is 0 Å². The van der Waals surface area contributed by atoms with Crippen molar-refractivity contribution in [3.63, 3.8) is 0 Å². The van der Waals surface area contributed by atoms with Gasteiger partial charge in [0.2, 0.25) is 0 Å². The van der Waals surface area contributed by atoms with Crippen molar-refractivity contribution in [2.75, 3.05) is 18.8 Å². The number of fused-ring (bicyclic) bond motifs is 1. The maximum Gasteiger partial charge on any atom is 0.181 e. The van der Waals surface area contributed by atoms with Gasteiger partial charge < -0.3 is 5.73 Å². The number of benzene rings is 1. The third-order valence-electron chi connectivity index (χ3n) is 3.37. The van der Waals surface area contributed by atoms with Crippen LogP contribution in [0.25, 0.3) is 10.2 Å². The van der Waals surface area contributed by atoms with Crippen LogP contribution in [-0.2, 0) is 6.54 Å². The molecule has 3 nitrogen and oxygen atoms in total. The lowest BCUT2D eigenvalue weighted by Gasteiger charge is -2.34. The zero-order valence-electron chi connectivity index (χ0n) is 11.3. The average Bonchev–Trinajstić information content (AvgIpc) is 2.67. The zero-order chi connectivity index (χ0) is 13.4. The summed E-state index contributed by atoms with van der Waals surface area (Å²) in [7, 11) is 0. The maximum absolute atomic E-state index is 5.76. The highest BCUT2D eigenvalue weighted by atomic mass is 32.2. The molecule has 1 fully saturated rings. The van der Waals surface area contributed by atoms with Gasteiger partial charge in [0.05, 0.1) is 10.2 Å². The molecule has 0 aliphatic carbocycles. The molecule has 5 heteroatoms. The van der Waals surface area contributed by atoms with E-state index in [4.69, 9.17) is 5.73 Å². The Hall–Kier alpha value is -0.780. The number of nitrogen functional groups attached to an aromatic ring is 1. The molecule has 2 aromatic rings. The zero-order valence-corrected chi connectivity index (χ0v) is 12.9. The lowest BCUT2D eigenvalue weighted by Crippen LogP contribution is -2.39. The normalized spacial score (nSPS) is 24.9.